The summed E-state index contributed by atoms with van der Waals surface area (Å²) >= 11 is 6.99. The fourth-order valence-electron chi connectivity index (χ4n) is 2.04. The molecular formula is C15H14Br2FN. The molecule has 0 spiro atoms. The first-order chi connectivity index (χ1) is 9.17. The van der Waals surface area contributed by atoms with Crippen LogP contribution in [0.25, 0.3) is 0 Å². The maximum atomic E-state index is 12.9. The summed E-state index contributed by atoms with van der Waals surface area (Å²) < 4.78 is 13.9. The van der Waals surface area contributed by atoms with Crippen LogP contribution in [0, 0.1) is 11.7 Å². The summed E-state index contributed by atoms with van der Waals surface area (Å²) in [6.07, 6.45) is 5.56. The van der Waals surface area contributed by atoms with E-state index in [9.17, 15) is 4.39 Å². The highest BCUT2D eigenvalue weighted by Crippen LogP contribution is 2.19. The van der Waals surface area contributed by atoms with Crippen LogP contribution in [0.5, 0.6) is 0 Å². The Morgan fingerprint density at radius 1 is 1.05 bits per heavy atom. The molecule has 1 unspecified atom stereocenters. The van der Waals surface area contributed by atoms with Gasteiger partial charge in [-0.25, -0.2) is 4.39 Å². The topological polar surface area (TPSA) is 12.9 Å². The second-order valence-electron chi connectivity index (χ2n) is 4.57. The second-order valence-corrected chi connectivity index (χ2v) is 6.13. The van der Waals surface area contributed by atoms with Crippen LogP contribution < -0.4 is 0 Å². The summed E-state index contributed by atoms with van der Waals surface area (Å²) in [5, 5.41) is 0.914. The van der Waals surface area contributed by atoms with Gasteiger partial charge in [0.25, 0.3) is 0 Å². The summed E-state index contributed by atoms with van der Waals surface area (Å²) in [6, 6.07) is 8.82. The first-order valence-corrected chi connectivity index (χ1v) is 7.98. The van der Waals surface area contributed by atoms with Crippen molar-refractivity contribution in [1.82, 2.24) is 4.98 Å². The molecule has 100 valence electrons. The van der Waals surface area contributed by atoms with Gasteiger partial charge >= 0.3 is 0 Å². The molecule has 1 atom stereocenters. The molecule has 19 heavy (non-hydrogen) atoms. The van der Waals surface area contributed by atoms with Crippen LogP contribution in [-0.2, 0) is 12.8 Å². The Kier molecular flexibility index (Phi) is 5.52. The Hall–Kier alpha value is -0.740. The molecule has 4 heteroatoms. The standard InChI is InChI=1S/C15H14Br2FN/c16-8-12(5-11-1-3-15(18)4-2-11)6-13-7-14(17)10-19-9-13/h1-4,7,9-10,12H,5-6,8H2. The first-order valence-electron chi connectivity index (χ1n) is 6.07. The molecular weight excluding hydrogens is 373 g/mol. The van der Waals surface area contributed by atoms with E-state index in [1.807, 2.05) is 18.3 Å². The molecule has 0 saturated carbocycles. The van der Waals surface area contributed by atoms with Crippen LogP contribution in [-0.4, -0.2) is 10.3 Å². The number of nitrogens with zero attached hydrogens (tertiary/aromatic N) is 1. The van der Waals surface area contributed by atoms with Gasteiger partial charge in [0, 0.05) is 22.2 Å². The third kappa shape index (κ3) is 4.69. The van der Waals surface area contributed by atoms with Crippen LogP contribution in [0.4, 0.5) is 4.39 Å². The number of aromatic nitrogens is 1. The molecule has 0 bridgehead atoms. The average molecular weight is 387 g/mol. The third-order valence-electron chi connectivity index (χ3n) is 2.94. The SMILES string of the molecule is Fc1ccc(CC(CBr)Cc2cncc(Br)c2)cc1. The predicted octanol–water partition coefficient (Wildman–Crippen LogP) is 4.78. The van der Waals surface area contributed by atoms with Gasteiger partial charge < -0.3 is 0 Å². The molecule has 2 rings (SSSR count). The Bertz CT molecular complexity index is 528. The molecule has 1 aromatic heterocycles. The van der Waals surface area contributed by atoms with Crippen LogP contribution in [0.15, 0.2) is 47.2 Å². The van der Waals surface area contributed by atoms with Crippen molar-refractivity contribution < 1.29 is 4.39 Å². The van der Waals surface area contributed by atoms with Crippen molar-refractivity contribution in [3.05, 3.63) is 64.1 Å². The van der Waals surface area contributed by atoms with Crippen LogP contribution in [0.2, 0.25) is 0 Å². The van der Waals surface area contributed by atoms with Gasteiger partial charge in [-0.3, -0.25) is 4.98 Å². The highest BCUT2D eigenvalue weighted by Gasteiger charge is 2.10. The minimum absolute atomic E-state index is 0.185. The largest absolute Gasteiger partial charge is 0.263 e. The van der Waals surface area contributed by atoms with Gasteiger partial charge in [0.05, 0.1) is 0 Å². The van der Waals surface area contributed by atoms with E-state index in [0.29, 0.717) is 5.92 Å². The number of alkyl halides is 1. The molecule has 0 saturated heterocycles. The van der Waals surface area contributed by atoms with Crippen molar-refractivity contribution in [2.45, 2.75) is 12.8 Å². The molecule has 2 aromatic rings. The molecule has 0 aliphatic rings. The molecule has 0 aliphatic heterocycles. The van der Waals surface area contributed by atoms with Crippen molar-refractivity contribution in [1.29, 1.82) is 0 Å². The highest BCUT2D eigenvalue weighted by molar-refractivity contribution is 9.10. The van der Waals surface area contributed by atoms with Crippen molar-refractivity contribution in [3.63, 3.8) is 0 Å². The number of hydrogen-bond donors (Lipinski definition) is 0. The number of benzene rings is 1. The highest BCUT2D eigenvalue weighted by atomic mass is 79.9. The second kappa shape index (κ2) is 7.15. The summed E-state index contributed by atoms with van der Waals surface area (Å²) in [5.74, 6) is 0.289. The zero-order chi connectivity index (χ0) is 13.7. The fourth-order valence-corrected chi connectivity index (χ4v) is 2.91. The van der Waals surface area contributed by atoms with Gasteiger partial charge in [-0.2, -0.15) is 0 Å². The molecule has 1 aromatic carbocycles. The van der Waals surface area contributed by atoms with Crippen molar-refractivity contribution in [3.8, 4) is 0 Å². The zero-order valence-corrected chi connectivity index (χ0v) is 13.5. The smallest absolute Gasteiger partial charge is 0.123 e. The predicted molar refractivity (Wildman–Crippen MR) is 83.0 cm³/mol. The van der Waals surface area contributed by atoms with Gasteiger partial charge in [-0.1, -0.05) is 28.1 Å². The number of hydrogen-bond acceptors (Lipinski definition) is 1. The van der Waals surface area contributed by atoms with Gasteiger partial charge in [0.15, 0.2) is 0 Å². The number of halogens is 3. The summed E-state index contributed by atoms with van der Waals surface area (Å²) in [4.78, 5) is 4.18. The number of rotatable bonds is 5. The minimum Gasteiger partial charge on any atom is -0.263 e. The van der Waals surface area contributed by atoms with Crippen molar-refractivity contribution in [2.24, 2.45) is 5.92 Å². The zero-order valence-electron chi connectivity index (χ0n) is 10.3. The Morgan fingerprint density at radius 2 is 1.74 bits per heavy atom. The van der Waals surface area contributed by atoms with E-state index >= 15 is 0 Å². The monoisotopic (exact) mass is 385 g/mol. The lowest BCUT2D eigenvalue weighted by atomic mass is 9.95. The molecule has 0 amide bonds. The lowest BCUT2D eigenvalue weighted by molar-refractivity contribution is 0.586. The maximum Gasteiger partial charge on any atom is 0.123 e. The summed E-state index contributed by atoms with van der Waals surface area (Å²) in [5.41, 5.74) is 2.37. The van der Waals surface area contributed by atoms with E-state index < -0.39 is 0 Å². The normalized spacial score (nSPS) is 12.4. The van der Waals surface area contributed by atoms with E-state index in [0.717, 1.165) is 28.2 Å². The molecule has 0 radical (unpaired) electrons. The molecule has 0 aliphatic carbocycles. The van der Waals surface area contributed by atoms with E-state index in [-0.39, 0.29) is 5.82 Å². The van der Waals surface area contributed by atoms with Gasteiger partial charge in [-0.15, -0.1) is 0 Å². The molecule has 1 heterocycles. The van der Waals surface area contributed by atoms with E-state index in [2.05, 4.69) is 42.9 Å². The first kappa shape index (κ1) is 14.7. The quantitative estimate of drug-likeness (QED) is 0.674. The van der Waals surface area contributed by atoms with Gasteiger partial charge in [-0.05, 0) is 64.0 Å². The van der Waals surface area contributed by atoms with Crippen molar-refractivity contribution >= 4 is 31.9 Å². The summed E-state index contributed by atoms with van der Waals surface area (Å²) in [7, 11) is 0. The van der Waals surface area contributed by atoms with Crippen molar-refractivity contribution in [2.75, 3.05) is 5.33 Å². The Balaban J connectivity index is 2.02. The molecule has 1 nitrogen and oxygen atoms in total. The molecule has 0 N–H and O–H groups in total. The van der Waals surface area contributed by atoms with Crippen LogP contribution >= 0.6 is 31.9 Å². The van der Waals surface area contributed by atoms with Gasteiger partial charge in [0.1, 0.15) is 5.82 Å². The number of pyridine rings is 1. The van der Waals surface area contributed by atoms with E-state index in [1.54, 1.807) is 6.20 Å². The van der Waals surface area contributed by atoms with E-state index in [1.165, 1.54) is 17.7 Å². The third-order valence-corrected chi connectivity index (χ3v) is 4.29. The Morgan fingerprint density at radius 3 is 2.37 bits per heavy atom. The van der Waals surface area contributed by atoms with Crippen LogP contribution in [0.1, 0.15) is 11.1 Å². The average Bonchev–Trinajstić information content (AvgIpc) is 2.40. The lowest BCUT2D eigenvalue weighted by Crippen LogP contribution is -2.10. The summed E-state index contributed by atoms with van der Waals surface area (Å²) in [6.45, 7) is 0. The van der Waals surface area contributed by atoms with Gasteiger partial charge in [0.2, 0.25) is 0 Å². The minimum atomic E-state index is -0.185. The fraction of sp³-hybridized carbons (Fsp3) is 0.267. The van der Waals surface area contributed by atoms with E-state index in [4.69, 9.17) is 0 Å². The van der Waals surface area contributed by atoms with Crippen LogP contribution in [0.3, 0.4) is 0 Å². The molecule has 0 fully saturated rings. The Labute approximate surface area is 129 Å². The lowest BCUT2D eigenvalue weighted by Gasteiger charge is -2.14. The maximum absolute atomic E-state index is 12.9.